The van der Waals surface area contributed by atoms with Gasteiger partial charge in [-0.2, -0.15) is 0 Å². The Morgan fingerprint density at radius 1 is 0.941 bits per heavy atom. The van der Waals surface area contributed by atoms with Gasteiger partial charge in [0.05, 0.1) is 17.1 Å². The van der Waals surface area contributed by atoms with E-state index in [4.69, 9.17) is 19.7 Å². The molecule has 0 radical (unpaired) electrons. The lowest BCUT2D eigenvalue weighted by Gasteiger charge is -2.34. The number of carbonyl (C=O) groups excluding carboxylic acids is 3. The Labute approximate surface area is 302 Å². The maximum atomic E-state index is 12.0. The Kier molecular flexibility index (Phi) is 14.6. The van der Waals surface area contributed by atoms with E-state index in [0.29, 0.717) is 28.7 Å². The molecule has 0 heterocycles. The molecule has 9 heteroatoms. The molecule has 4 rings (SSSR count). The molecular weight excluding hydrogens is 642 g/mol. The molecular formula is C42H51N3O6. The van der Waals surface area contributed by atoms with Crippen LogP contribution in [0.5, 0.6) is 5.75 Å². The predicted octanol–water partition coefficient (Wildman–Crippen LogP) is 9.86. The highest BCUT2D eigenvalue weighted by atomic mass is 16.7. The standard InChI is InChI=1S/C39H45N3O5.C3H6O/c1-9-13-31-21-32(28(7)41-47-29(8)43)22-34-26(5)36(20-25(4)38(31)34)42(33-14-11-10-12-15-33)35-17-16-30(27(6)40)23-37(35)45-18-19-46-39(44)24(2)3;1-3(2)4/h10-12,14-17,20,22-23,31,40H,2,9,13,18-19,21H2,1,3-8H3;1-2H3/b40-27?,41-28+;. The molecule has 1 unspecified atom stereocenters. The van der Waals surface area contributed by atoms with Gasteiger partial charge in [-0.3, -0.25) is 0 Å². The van der Waals surface area contributed by atoms with E-state index in [1.807, 2.05) is 43.3 Å². The van der Waals surface area contributed by atoms with E-state index in [-0.39, 0.29) is 19.0 Å². The summed E-state index contributed by atoms with van der Waals surface area (Å²) in [7, 11) is 0. The number of ether oxygens (including phenoxy) is 2. The first kappa shape index (κ1) is 40.1. The molecule has 0 spiro atoms. The van der Waals surface area contributed by atoms with Crippen LogP contribution in [-0.2, 0) is 24.0 Å². The summed E-state index contributed by atoms with van der Waals surface area (Å²) >= 11 is 0. The number of Topliss-reactive ketones (excluding diaryl/α,β-unsaturated/α-hetero) is 1. The van der Waals surface area contributed by atoms with Crippen LogP contribution in [0.15, 0.2) is 77.5 Å². The molecule has 0 fully saturated rings. The van der Waals surface area contributed by atoms with E-state index in [1.165, 1.54) is 31.9 Å². The lowest BCUT2D eigenvalue weighted by Crippen LogP contribution is -2.19. The number of ketones is 1. The summed E-state index contributed by atoms with van der Waals surface area (Å²) in [6.07, 6.45) is 5.06. The molecule has 1 aliphatic rings. The smallest absolute Gasteiger partial charge is 0.333 e. The lowest BCUT2D eigenvalue weighted by molar-refractivity contribution is -0.141. The van der Waals surface area contributed by atoms with Crippen LogP contribution in [0.4, 0.5) is 17.1 Å². The average Bonchev–Trinajstić information content (AvgIpc) is 3.08. The van der Waals surface area contributed by atoms with Crippen molar-refractivity contribution in [1.29, 1.82) is 5.41 Å². The molecule has 270 valence electrons. The Morgan fingerprint density at radius 3 is 2.20 bits per heavy atom. The van der Waals surface area contributed by atoms with Crippen molar-refractivity contribution >= 4 is 52.3 Å². The topological polar surface area (TPSA) is 118 Å². The normalized spacial score (nSPS) is 13.5. The van der Waals surface area contributed by atoms with Gasteiger partial charge in [-0.1, -0.05) is 49.3 Å². The summed E-state index contributed by atoms with van der Waals surface area (Å²) in [5.41, 5.74) is 10.6. The quantitative estimate of drug-likeness (QED) is 0.0473. The number of nitrogens with one attached hydrogen (secondary N) is 1. The summed E-state index contributed by atoms with van der Waals surface area (Å²) in [5, 5.41) is 12.4. The zero-order valence-electron chi connectivity index (χ0n) is 31.4. The Hall–Kier alpha value is -5.31. The molecule has 0 saturated carbocycles. The highest BCUT2D eigenvalue weighted by molar-refractivity contribution is 6.03. The van der Waals surface area contributed by atoms with Gasteiger partial charge >= 0.3 is 11.9 Å². The number of para-hydroxylation sites is 1. The van der Waals surface area contributed by atoms with Crippen molar-refractivity contribution in [3.05, 3.63) is 100 Å². The van der Waals surface area contributed by atoms with E-state index in [2.05, 4.69) is 61.7 Å². The van der Waals surface area contributed by atoms with Crippen LogP contribution in [0.2, 0.25) is 0 Å². The van der Waals surface area contributed by atoms with Crippen LogP contribution < -0.4 is 9.64 Å². The number of hydrogen-bond donors (Lipinski definition) is 1. The van der Waals surface area contributed by atoms with Crippen LogP contribution in [-0.4, -0.2) is 42.4 Å². The van der Waals surface area contributed by atoms with Gasteiger partial charge in [0.25, 0.3) is 0 Å². The first-order valence-electron chi connectivity index (χ1n) is 17.2. The van der Waals surface area contributed by atoms with Gasteiger partial charge in [-0.25, -0.2) is 9.59 Å². The third kappa shape index (κ3) is 10.8. The van der Waals surface area contributed by atoms with Crippen molar-refractivity contribution in [3.63, 3.8) is 0 Å². The van der Waals surface area contributed by atoms with Crippen molar-refractivity contribution < 1.29 is 28.7 Å². The molecule has 3 aromatic carbocycles. The number of fused-ring (bicyclic) bond motifs is 1. The second-order valence-corrected chi connectivity index (χ2v) is 12.9. The lowest BCUT2D eigenvalue weighted by atomic mass is 9.76. The van der Waals surface area contributed by atoms with Gasteiger partial charge in [-0.05, 0) is 137 Å². The fraction of sp³-hybridized carbons (Fsp3) is 0.357. The van der Waals surface area contributed by atoms with Crippen LogP contribution in [0.3, 0.4) is 0 Å². The summed E-state index contributed by atoms with van der Waals surface area (Å²) in [4.78, 5) is 40.1. The van der Waals surface area contributed by atoms with Crippen LogP contribution in [0, 0.1) is 19.3 Å². The first-order chi connectivity index (χ1) is 24.2. The van der Waals surface area contributed by atoms with Crippen molar-refractivity contribution in [2.45, 2.75) is 87.5 Å². The molecule has 0 bridgehead atoms. The molecule has 0 aromatic heterocycles. The number of nitrogens with zero attached hydrogens (tertiary/aromatic N) is 2. The van der Waals surface area contributed by atoms with E-state index in [1.54, 1.807) is 13.8 Å². The molecule has 9 nitrogen and oxygen atoms in total. The van der Waals surface area contributed by atoms with E-state index >= 15 is 0 Å². The van der Waals surface area contributed by atoms with Gasteiger partial charge in [0, 0.05) is 23.9 Å². The summed E-state index contributed by atoms with van der Waals surface area (Å²) in [5.74, 6) is 0.107. The second kappa shape index (κ2) is 18.6. The number of anilines is 3. The number of esters is 1. The van der Waals surface area contributed by atoms with E-state index in [0.717, 1.165) is 58.6 Å². The number of oxime groups is 1. The van der Waals surface area contributed by atoms with Gasteiger partial charge in [0.15, 0.2) is 0 Å². The highest BCUT2D eigenvalue weighted by Crippen LogP contribution is 2.47. The molecule has 3 aromatic rings. The van der Waals surface area contributed by atoms with Crippen molar-refractivity contribution in [1.82, 2.24) is 0 Å². The minimum Gasteiger partial charge on any atom is -0.488 e. The van der Waals surface area contributed by atoms with E-state index in [9.17, 15) is 14.4 Å². The number of hydrogen-bond acceptors (Lipinski definition) is 9. The third-order valence-electron chi connectivity index (χ3n) is 8.27. The number of allylic oxidation sites excluding steroid dienone is 1. The fourth-order valence-electron chi connectivity index (χ4n) is 5.98. The summed E-state index contributed by atoms with van der Waals surface area (Å²) in [6.45, 7) is 20.0. The molecule has 1 atom stereocenters. The second-order valence-electron chi connectivity index (χ2n) is 12.9. The first-order valence-corrected chi connectivity index (χ1v) is 17.2. The zero-order valence-corrected chi connectivity index (χ0v) is 31.4. The molecule has 1 aliphatic carbocycles. The van der Waals surface area contributed by atoms with Crippen LogP contribution in [0.1, 0.15) is 101 Å². The molecule has 0 aliphatic heterocycles. The third-order valence-corrected chi connectivity index (χ3v) is 8.27. The Morgan fingerprint density at radius 2 is 1.61 bits per heavy atom. The molecule has 0 amide bonds. The Bertz CT molecular complexity index is 1840. The van der Waals surface area contributed by atoms with Crippen molar-refractivity contribution in [2.75, 3.05) is 18.1 Å². The zero-order chi connectivity index (χ0) is 37.8. The van der Waals surface area contributed by atoms with Crippen molar-refractivity contribution in [3.8, 4) is 5.75 Å². The molecule has 0 saturated heterocycles. The largest absolute Gasteiger partial charge is 0.488 e. The summed E-state index contributed by atoms with van der Waals surface area (Å²) in [6, 6.07) is 18.1. The minimum atomic E-state index is -0.467. The number of carbonyl (C=O) groups is 3. The summed E-state index contributed by atoms with van der Waals surface area (Å²) < 4.78 is 11.6. The maximum absolute atomic E-state index is 12.0. The fourth-order valence-corrected chi connectivity index (χ4v) is 5.98. The van der Waals surface area contributed by atoms with Gasteiger partial charge in [0.1, 0.15) is 24.7 Å². The van der Waals surface area contributed by atoms with Crippen LogP contribution in [0.25, 0.3) is 6.08 Å². The number of benzene rings is 3. The highest BCUT2D eigenvalue weighted by Gasteiger charge is 2.29. The Balaban J connectivity index is 0.00000166. The number of aryl methyl sites for hydroxylation is 1. The average molecular weight is 694 g/mol. The predicted molar refractivity (Wildman–Crippen MR) is 206 cm³/mol. The molecule has 51 heavy (non-hydrogen) atoms. The minimum absolute atomic E-state index is 0.0574. The number of rotatable bonds is 13. The maximum Gasteiger partial charge on any atom is 0.333 e. The monoisotopic (exact) mass is 693 g/mol. The van der Waals surface area contributed by atoms with Gasteiger partial charge in [-0.15, -0.1) is 0 Å². The van der Waals surface area contributed by atoms with Crippen LogP contribution >= 0.6 is 0 Å². The SMILES string of the molecule is C=C(C)C(=O)OCCOc1cc(C(C)=N)ccc1N(c1ccccc1)c1cc(C)c2c(c1C)C=C(/C(C)=N/OC(C)=O)CC2CCC.CC(C)=O. The van der Waals surface area contributed by atoms with E-state index < -0.39 is 11.9 Å². The molecule has 1 N–H and O–H groups in total. The van der Waals surface area contributed by atoms with Gasteiger partial charge < -0.3 is 29.4 Å². The van der Waals surface area contributed by atoms with Gasteiger partial charge in [0.2, 0.25) is 0 Å². The van der Waals surface area contributed by atoms with Crippen molar-refractivity contribution in [2.24, 2.45) is 5.16 Å².